The molecule has 0 radical (unpaired) electrons. The van der Waals surface area contributed by atoms with E-state index in [0.717, 1.165) is 4.90 Å². The van der Waals surface area contributed by atoms with Crippen molar-refractivity contribution in [3.63, 3.8) is 0 Å². The molecular weight excluding hydrogens is 274 g/mol. The monoisotopic (exact) mass is 299 g/mol. The lowest BCUT2D eigenvalue weighted by molar-refractivity contribution is -0.151. The Kier molecular flexibility index (Phi) is 5.75. The molecule has 0 unspecified atom stereocenters. The van der Waals surface area contributed by atoms with Crippen LogP contribution in [0.2, 0.25) is 0 Å². The fraction of sp³-hybridized carbons (Fsp3) is 0.800. The van der Waals surface area contributed by atoms with E-state index < -0.39 is 23.6 Å². The number of ether oxygens (including phenoxy) is 2. The molecular formula is C15H25NO5. The predicted molar refractivity (Wildman–Crippen MR) is 76.5 cm³/mol. The number of carbonyl (C=O) groups excluding carboxylic acids is 3. The Hall–Kier alpha value is -1.59. The van der Waals surface area contributed by atoms with Gasteiger partial charge in [0, 0.05) is 6.54 Å². The standard InChI is InChI=1S/C15H25NO5/c1-6-20-12(17)9-11-10(2)7-8-16(13(11)18)14(19)21-15(3,4)5/h10-11H,6-9H2,1-5H3/t10-,11-/m1/s1. The van der Waals surface area contributed by atoms with Crippen molar-refractivity contribution in [1.29, 1.82) is 0 Å². The summed E-state index contributed by atoms with van der Waals surface area (Å²) in [5.74, 6) is -1.24. The Balaban J connectivity index is 2.75. The van der Waals surface area contributed by atoms with Gasteiger partial charge in [0.15, 0.2) is 0 Å². The predicted octanol–water partition coefficient (Wildman–Crippen LogP) is 2.36. The summed E-state index contributed by atoms with van der Waals surface area (Å²) in [6.45, 7) is 9.48. The van der Waals surface area contributed by atoms with E-state index in [0.29, 0.717) is 13.0 Å². The quantitative estimate of drug-likeness (QED) is 0.748. The first-order chi connectivity index (χ1) is 9.65. The Morgan fingerprint density at radius 2 is 1.95 bits per heavy atom. The first kappa shape index (κ1) is 17.5. The summed E-state index contributed by atoms with van der Waals surface area (Å²) in [5.41, 5.74) is -0.656. The smallest absolute Gasteiger partial charge is 0.417 e. The maximum absolute atomic E-state index is 12.4. The number of rotatable bonds is 3. The van der Waals surface area contributed by atoms with Gasteiger partial charge >= 0.3 is 12.1 Å². The van der Waals surface area contributed by atoms with Crippen LogP contribution in [-0.2, 0) is 19.1 Å². The maximum atomic E-state index is 12.4. The molecule has 0 aromatic heterocycles. The molecule has 1 fully saturated rings. The van der Waals surface area contributed by atoms with Crippen molar-refractivity contribution in [1.82, 2.24) is 4.90 Å². The fourth-order valence-electron chi connectivity index (χ4n) is 2.27. The maximum Gasteiger partial charge on any atom is 0.417 e. The molecule has 1 aliphatic heterocycles. The average molecular weight is 299 g/mol. The third kappa shape index (κ3) is 5.02. The number of hydrogen-bond donors (Lipinski definition) is 0. The van der Waals surface area contributed by atoms with Gasteiger partial charge in [0.2, 0.25) is 5.91 Å². The lowest BCUT2D eigenvalue weighted by atomic mass is 9.84. The molecule has 0 aromatic rings. The first-order valence-corrected chi connectivity index (χ1v) is 7.35. The van der Waals surface area contributed by atoms with E-state index in [9.17, 15) is 14.4 Å². The summed E-state index contributed by atoms with van der Waals surface area (Å²) in [6.07, 6.45) is 0.0237. The number of imide groups is 1. The first-order valence-electron chi connectivity index (χ1n) is 7.35. The van der Waals surface area contributed by atoms with E-state index in [-0.39, 0.29) is 24.9 Å². The number of esters is 1. The molecule has 0 aliphatic carbocycles. The minimum atomic E-state index is -0.656. The summed E-state index contributed by atoms with van der Waals surface area (Å²) in [6, 6.07) is 0. The van der Waals surface area contributed by atoms with Crippen LogP contribution in [0.25, 0.3) is 0 Å². The summed E-state index contributed by atoms with van der Waals surface area (Å²) in [5, 5.41) is 0. The molecule has 1 aliphatic rings. The second-order valence-corrected chi connectivity index (χ2v) is 6.35. The van der Waals surface area contributed by atoms with Crippen molar-refractivity contribution < 1.29 is 23.9 Å². The van der Waals surface area contributed by atoms with Crippen LogP contribution in [0.3, 0.4) is 0 Å². The number of nitrogens with zero attached hydrogens (tertiary/aromatic N) is 1. The van der Waals surface area contributed by atoms with Crippen LogP contribution in [0, 0.1) is 11.8 Å². The zero-order valence-corrected chi connectivity index (χ0v) is 13.5. The Morgan fingerprint density at radius 3 is 2.48 bits per heavy atom. The van der Waals surface area contributed by atoms with Gasteiger partial charge in [-0.25, -0.2) is 9.69 Å². The van der Waals surface area contributed by atoms with Gasteiger partial charge in [-0.1, -0.05) is 6.92 Å². The SMILES string of the molecule is CCOC(=O)C[C@H]1C(=O)N(C(=O)OC(C)(C)C)CC[C@H]1C. The molecule has 21 heavy (non-hydrogen) atoms. The Labute approximate surface area is 125 Å². The van der Waals surface area contributed by atoms with E-state index in [1.54, 1.807) is 27.7 Å². The summed E-state index contributed by atoms with van der Waals surface area (Å²) in [4.78, 5) is 37.2. The van der Waals surface area contributed by atoms with E-state index in [4.69, 9.17) is 9.47 Å². The van der Waals surface area contributed by atoms with Crippen LogP contribution in [-0.4, -0.2) is 41.6 Å². The molecule has 0 saturated carbocycles. The van der Waals surface area contributed by atoms with Gasteiger partial charge < -0.3 is 9.47 Å². The van der Waals surface area contributed by atoms with E-state index >= 15 is 0 Å². The van der Waals surface area contributed by atoms with E-state index in [1.807, 2.05) is 6.92 Å². The van der Waals surface area contributed by atoms with E-state index in [1.165, 1.54) is 0 Å². The van der Waals surface area contributed by atoms with Crippen LogP contribution in [0.15, 0.2) is 0 Å². The highest BCUT2D eigenvalue weighted by Gasteiger charge is 2.40. The average Bonchev–Trinajstić information content (AvgIpc) is 2.32. The van der Waals surface area contributed by atoms with Crippen molar-refractivity contribution >= 4 is 18.0 Å². The highest BCUT2D eigenvalue weighted by Crippen LogP contribution is 2.28. The second kappa shape index (κ2) is 6.91. The van der Waals surface area contributed by atoms with Gasteiger partial charge in [-0.2, -0.15) is 0 Å². The van der Waals surface area contributed by atoms with Crippen molar-refractivity contribution in [3.8, 4) is 0 Å². The molecule has 1 rings (SSSR count). The summed E-state index contributed by atoms with van der Waals surface area (Å²) < 4.78 is 10.1. The Bertz CT molecular complexity index is 413. The van der Waals surface area contributed by atoms with Crippen molar-refractivity contribution in [3.05, 3.63) is 0 Å². The molecule has 1 saturated heterocycles. The molecule has 0 bridgehead atoms. The number of likely N-dealkylation sites (tertiary alicyclic amines) is 1. The van der Waals surface area contributed by atoms with Gasteiger partial charge in [-0.15, -0.1) is 0 Å². The van der Waals surface area contributed by atoms with Gasteiger partial charge in [-0.05, 0) is 40.0 Å². The number of piperidine rings is 1. The fourth-order valence-corrected chi connectivity index (χ4v) is 2.27. The van der Waals surface area contributed by atoms with Crippen molar-refractivity contribution in [2.75, 3.05) is 13.2 Å². The zero-order valence-electron chi connectivity index (χ0n) is 13.5. The third-order valence-corrected chi connectivity index (χ3v) is 3.38. The number of carbonyl (C=O) groups is 3. The molecule has 0 aromatic carbocycles. The van der Waals surface area contributed by atoms with Crippen molar-refractivity contribution in [2.45, 2.75) is 53.1 Å². The molecule has 6 nitrogen and oxygen atoms in total. The number of amides is 2. The molecule has 0 N–H and O–H groups in total. The molecule has 0 spiro atoms. The molecule has 6 heteroatoms. The van der Waals surface area contributed by atoms with E-state index in [2.05, 4.69) is 0 Å². The topological polar surface area (TPSA) is 72.9 Å². The molecule has 120 valence electrons. The van der Waals surface area contributed by atoms with Crippen LogP contribution in [0.4, 0.5) is 4.79 Å². The van der Waals surface area contributed by atoms with Crippen LogP contribution in [0.1, 0.15) is 47.5 Å². The van der Waals surface area contributed by atoms with Crippen molar-refractivity contribution in [2.24, 2.45) is 11.8 Å². The third-order valence-electron chi connectivity index (χ3n) is 3.38. The summed E-state index contributed by atoms with van der Waals surface area (Å²) >= 11 is 0. The van der Waals surface area contributed by atoms with Crippen LogP contribution in [0.5, 0.6) is 0 Å². The van der Waals surface area contributed by atoms with Gasteiger partial charge in [0.25, 0.3) is 0 Å². The van der Waals surface area contributed by atoms with Crippen LogP contribution >= 0.6 is 0 Å². The molecule has 1 heterocycles. The largest absolute Gasteiger partial charge is 0.466 e. The van der Waals surface area contributed by atoms with Gasteiger partial charge in [-0.3, -0.25) is 9.59 Å². The van der Waals surface area contributed by atoms with Gasteiger partial charge in [0.1, 0.15) is 5.60 Å². The zero-order chi connectivity index (χ0) is 16.2. The van der Waals surface area contributed by atoms with Gasteiger partial charge in [0.05, 0.1) is 18.9 Å². The summed E-state index contributed by atoms with van der Waals surface area (Å²) in [7, 11) is 0. The molecule has 2 amide bonds. The lowest BCUT2D eigenvalue weighted by Gasteiger charge is -2.35. The second-order valence-electron chi connectivity index (χ2n) is 6.35. The lowest BCUT2D eigenvalue weighted by Crippen LogP contribution is -2.50. The van der Waals surface area contributed by atoms with Crippen LogP contribution < -0.4 is 0 Å². The number of hydrogen-bond acceptors (Lipinski definition) is 5. The minimum absolute atomic E-state index is 0.00708. The highest BCUT2D eigenvalue weighted by atomic mass is 16.6. The normalized spacial score (nSPS) is 22.9. The Morgan fingerprint density at radius 1 is 1.33 bits per heavy atom. The minimum Gasteiger partial charge on any atom is -0.466 e. The molecule has 2 atom stereocenters. The highest BCUT2D eigenvalue weighted by molar-refractivity contribution is 5.95.